The first-order chi connectivity index (χ1) is 26.0. The number of nitrogens with zero attached hydrogens (tertiary/aromatic N) is 2. The summed E-state index contributed by atoms with van der Waals surface area (Å²) in [5.41, 5.74) is 13.1. The van der Waals surface area contributed by atoms with Gasteiger partial charge in [0.05, 0.1) is 38.4 Å². The van der Waals surface area contributed by atoms with Gasteiger partial charge in [0.1, 0.15) is 16.7 Å². The normalized spacial score (nSPS) is 13.6. The third-order valence-electron chi connectivity index (χ3n) is 12.5. The smallest absolute Gasteiger partial charge is 0.169 e. The summed E-state index contributed by atoms with van der Waals surface area (Å²) in [5, 5.41) is 14.1. The van der Waals surface area contributed by atoms with E-state index < -0.39 is 0 Å². The molecule has 0 radical (unpaired) electrons. The van der Waals surface area contributed by atoms with Crippen LogP contribution in [0, 0.1) is 12.1 Å². The lowest BCUT2D eigenvalue weighted by Gasteiger charge is -2.19. The molecule has 0 atom stereocenters. The van der Waals surface area contributed by atoms with Crippen molar-refractivity contribution in [1.29, 1.82) is 0 Å². The molecule has 7 aromatic carbocycles. The van der Waals surface area contributed by atoms with Crippen LogP contribution in [0.3, 0.4) is 0 Å². The van der Waals surface area contributed by atoms with Gasteiger partial charge in [-0.3, -0.25) is 0 Å². The number of furan rings is 2. The van der Waals surface area contributed by atoms with Crippen LogP contribution in [0.1, 0.15) is 52.7 Å². The van der Waals surface area contributed by atoms with E-state index in [1.54, 1.807) is 0 Å². The zero-order valence-electron chi connectivity index (χ0n) is 30.9. The van der Waals surface area contributed by atoms with Crippen molar-refractivity contribution in [1.82, 2.24) is 8.80 Å². The molecule has 4 nitrogen and oxygen atoms in total. The molecule has 0 fully saturated rings. The molecule has 13 rings (SSSR count). The molecule has 54 heavy (non-hydrogen) atoms. The highest BCUT2D eigenvalue weighted by Crippen LogP contribution is 2.49. The lowest BCUT2D eigenvalue weighted by molar-refractivity contribution is 0.591. The number of aromatic nitrogens is 2. The molecular formula is C50H34N2O2. The second-order valence-corrected chi connectivity index (χ2v) is 17.6. The Balaban J connectivity index is 1.30. The van der Waals surface area contributed by atoms with Gasteiger partial charge >= 0.3 is 0 Å². The summed E-state index contributed by atoms with van der Waals surface area (Å²) >= 11 is 0. The Bertz CT molecular complexity index is 3540. The number of rotatable bonds is 0. The fraction of sp³-hybridized carbons (Fsp3) is 0.160. The van der Waals surface area contributed by atoms with Gasteiger partial charge < -0.3 is 17.6 Å². The highest BCUT2D eigenvalue weighted by molar-refractivity contribution is 6.32. The summed E-state index contributed by atoms with van der Waals surface area (Å²) in [5.74, 6) is 0. The van der Waals surface area contributed by atoms with Gasteiger partial charge in [-0.2, -0.15) is 0 Å². The van der Waals surface area contributed by atoms with E-state index in [9.17, 15) is 0 Å². The SMILES string of the molecule is CC(C)(C)c1cc2c3c#cc4c5ccccc5oc4c3n3c4cc5c6cc(C(C)(C)C)cc7c8ccc9c%10ccccc%10oc9c8n(c5cc4c(c1)c23)c67. The van der Waals surface area contributed by atoms with Crippen molar-refractivity contribution in [2.75, 3.05) is 0 Å². The maximum absolute atomic E-state index is 6.78. The van der Waals surface area contributed by atoms with Gasteiger partial charge in [-0.05, 0) is 82.6 Å². The standard InChI is InChI=1S/C50H34N2O2/c1-49(2,3)25-19-35-29-15-17-31-27-11-7-9-13-41(27)53-47(31)45(29)51-39-24-34-38-22-26(50(4,5)6)20-36-30-16-18-32-28-12-8-10-14-42(28)54-48(32)46(30)52(44(36)38)40(34)23-33(39)37(21-25)43(35)51/h7-15,17,19-24H,1-6H3. The van der Waals surface area contributed by atoms with Crippen LogP contribution in [0.15, 0.2) is 106 Å². The third-order valence-corrected chi connectivity index (χ3v) is 12.5. The number of hydrogen-bond donors (Lipinski definition) is 0. The Morgan fingerprint density at radius 3 is 1.57 bits per heavy atom. The molecule has 0 saturated heterocycles. The van der Waals surface area contributed by atoms with Crippen LogP contribution in [-0.2, 0) is 10.8 Å². The van der Waals surface area contributed by atoms with Gasteiger partial charge in [-0.1, -0.05) is 90.1 Å². The molecule has 13 aromatic rings. The summed E-state index contributed by atoms with van der Waals surface area (Å²) in [6.07, 6.45) is 0. The van der Waals surface area contributed by atoms with E-state index >= 15 is 0 Å². The number of hydrogen-bond acceptors (Lipinski definition) is 2. The molecule has 0 saturated carbocycles. The molecule has 0 spiro atoms. The Kier molecular flexibility index (Phi) is 4.85. The molecule has 6 heterocycles. The van der Waals surface area contributed by atoms with Gasteiger partial charge in [0.25, 0.3) is 0 Å². The third kappa shape index (κ3) is 3.30. The van der Waals surface area contributed by atoms with Crippen LogP contribution in [0.4, 0.5) is 0 Å². The van der Waals surface area contributed by atoms with E-state index in [-0.39, 0.29) is 10.8 Å². The summed E-state index contributed by atoms with van der Waals surface area (Å²) in [6.45, 7) is 13.8. The quantitative estimate of drug-likeness (QED) is 0.158. The second kappa shape index (κ2) is 9.01. The van der Waals surface area contributed by atoms with Crippen LogP contribution in [0.5, 0.6) is 0 Å². The molecule has 0 aliphatic rings. The van der Waals surface area contributed by atoms with Gasteiger partial charge in [0.15, 0.2) is 11.2 Å². The fourth-order valence-corrected chi connectivity index (χ4v) is 9.76. The van der Waals surface area contributed by atoms with E-state index in [0.29, 0.717) is 0 Å². The summed E-state index contributed by atoms with van der Waals surface area (Å²) < 4.78 is 18.5. The molecule has 4 heteroatoms. The zero-order valence-corrected chi connectivity index (χ0v) is 30.9. The number of para-hydroxylation sites is 2. The molecule has 0 aliphatic heterocycles. The van der Waals surface area contributed by atoms with Crippen molar-refractivity contribution < 1.29 is 8.83 Å². The first-order valence-corrected chi connectivity index (χ1v) is 18.9. The minimum atomic E-state index is -0.0545. The van der Waals surface area contributed by atoms with Gasteiger partial charge in [-0.15, -0.1) is 0 Å². The van der Waals surface area contributed by atoms with Crippen molar-refractivity contribution >= 4 is 120 Å². The van der Waals surface area contributed by atoms with Crippen molar-refractivity contribution in [3.05, 3.63) is 120 Å². The molecular weight excluding hydrogens is 661 g/mol. The van der Waals surface area contributed by atoms with Crippen molar-refractivity contribution in [2.45, 2.75) is 52.4 Å². The van der Waals surface area contributed by atoms with E-state index in [4.69, 9.17) is 8.83 Å². The molecule has 6 aromatic heterocycles. The summed E-state index contributed by atoms with van der Waals surface area (Å²) in [6, 6.07) is 43.0. The average Bonchev–Trinajstić information content (AvgIpc) is 3.98. The maximum Gasteiger partial charge on any atom is 0.169 e. The molecule has 0 aliphatic carbocycles. The Morgan fingerprint density at radius 2 is 0.907 bits per heavy atom. The summed E-state index contributed by atoms with van der Waals surface area (Å²) in [7, 11) is 0. The first kappa shape index (κ1) is 29.1. The minimum Gasteiger partial charge on any atom is -0.454 e. The second-order valence-electron chi connectivity index (χ2n) is 17.6. The maximum atomic E-state index is 6.78. The van der Waals surface area contributed by atoms with Crippen LogP contribution in [0.2, 0.25) is 0 Å². The van der Waals surface area contributed by atoms with Crippen LogP contribution >= 0.6 is 0 Å². The zero-order chi connectivity index (χ0) is 36.2. The van der Waals surface area contributed by atoms with E-state index in [2.05, 4.69) is 153 Å². The monoisotopic (exact) mass is 694 g/mol. The van der Waals surface area contributed by atoms with E-state index in [1.807, 2.05) is 6.07 Å². The number of fused-ring (bicyclic) bond motifs is 20. The predicted molar refractivity (Wildman–Crippen MR) is 225 cm³/mol. The first-order valence-electron chi connectivity index (χ1n) is 18.9. The van der Waals surface area contributed by atoms with Gasteiger partial charge in [0.2, 0.25) is 0 Å². The Hall–Kier alpha value is -6.44. The molecule has 0 amide bonds. The fourth-order valence-electron chi connectivity index (χ4n) is 9.76. The molecule has 256 valence electrons. The Morgan fingerprint density at radius 1 is 0.407 bits per heavy atom. The Labute approximate surface area is 309 Å². The highest BCUT2D eigenvalue weighted by atomic mass is 16.3. The highest BCUT2D eigenvalue weighted by Gasteiger charge is 2.29. The van der Waals surface area contributed by atoms with Crippen molar-refractivity contribution in [3.8, 4) is 0 Å². The molecule has 0 N–H and O–H groups in total. The van der Waals surface area contributed by atoms with Gasteiger partial charge in [-0.25, -0.2) is 0 Å². The van der Waals surface area contributed by atoms with Gasteiger partial charge in [0, 0.05) is 53.9 Å². The average molecular weight is 695 g/mol. The minimum absolute atomic E-state index is 0.0380. The molecule has 0 bridgehead atoms. The largest absolute Gasteiger partial charge is 0.454 e. The number of benzene rings is 6. The topological polar surface area (TPSA) is 35.1 Å². The molecule has 0 unspecified atom stereocenters. The van der Waals surface area contributed by atoms with Crippen LogP contribution in [-0.4, -0.2) is 8.80 Å². The van der Waals surface area contributed by atoms with E-state index in [0.717, 1.165) is 60.3 Å². The van der Waals surface area contributed by atoms with E-state index in [1.165, 1.54) is 70.9 Å². The predicted octanol–water partition coefficient (Wildman–Crippen LogP) is 14.0. The van der Waals surface area contributed by atoms with Crippen LogP contribution < -0.4 is 0 Å². The van der Waals surface area contributed by atoms with Crippen molar-refractivity contribution in [3.63, 3.8) is 0 Å². The summed E-state index contributed by atoms with van der Waals surface area (Å²) in [4.78, 5) is 0. The van der Waals surface area contributed by atoms with Crippen molar-refractivity contribution in [2.24, 2.45) is 0 Å². The lowest BCUT2D eigenvalue weighted by atomic mass is 9.85. The lowest BCUT2D eigenvalue weighted by Crippen LogP contribution is -2.10. The van der Waals surface area contributed by atoms with Crippen LogP contribution in [0.25, 0.3) is 120 Å².